The number of hydrogen-bond acceptors (Lipinski definition) is 5. The minimum atomic E-state index is -3.81. The number of nitrogens with zero attached hydrogens (tertiary/aromatic N) is 1. The van der Waals surface area contributed by atoms with Gasteiger partial charge in [-0.05, 0) is 36.8 Å². The van der Waals surface area contributed by atoms with Gasteiger partial charge in [0.25, 0.3) is 0 Å². The summed E-state index contributed by atoms with van der Waals surface area (Å²) in [4.78, 5) is 12.1. The second-order valence-corrected chi connectivity index (χ2v) is 10.2. The Kier molecular flexibility index (Phi) is 7.31. The largest absolute Gasteiger partial charge is 0.325 e. The zero-order valence-corrected chi connectivity index (χ0v) is 17.9. The van der Waals surface area contributed by atoms with E-state index < -0.39 is 32.5 Å². The van der Waals surface area contributed by atoms with E-state index >= 15 is 0 Å². The number of carbonyl (C=O) groups is 1. The number of aryl methyl sites for hydroxylation is 1. The maximum atomic E-state index is 12.1. The summed E-state index contributed by atoms with van der Waals surface area (Å²) in [7, 11) is -4.66. The van der Waals surface area contributed by atoms with Crippen LogP contribution in [0.2, 0.25) is 0 Å². The maximum Gasteiger partial charge on any atom is 0.242 e. The van der Waals surface area contributed by atoms with Crippen molar-refractivity contribution in [2.24, 2.45) is 0 Å². The SMILES string of the molecule is Cc1ccc(/C=C/S(=O)(=O)NCC(=O)Nc2cccc(S(=O)(=O)N(C)C)c2)cc1. The Morgan fingerprint density at radius 2 is 1.69 bits per heavy atom. The highest BCUT2D eigenvalue weighted by Gasteiger charge is 2.17. The number of amides is 1. The predicted octanol–water partition coefficient (Wildman–Crippen LogP) is 1.77. The molecule has 2 rings (SSSR count). The molecule has 1 amide bonds. The lowest BCUT2D eigenvalue weighted by Gasteiger charge is -2.12. The van der Waals surface area contributed by atoms with Crippen molar-refractivity contribution in [2.45, 2.75) is 11.8 Å². The molecule has 2 aromatic carbocycles. The molecule has 0 spiro atoms. The summed E-state index contributed by atoms with van der Waals surface area (Å²) in [5, 5.41) is 3.45. The first-order valence-corrected chi connectivity index (χ1v) is 11.5. The van der Waals surface area contributed by atoms with Crippen molar-refractivity contribution in [3.63, 3.8) is 0 Å². The molecule has 8 nitrogen and oxygen atoms in total. The van der Waals surface area contributed by atoms with Crippen LogP contribution in [-0.2, 0) is 24.8 Å². The van der Waals surface area contributed by atoms with Crippen LogP contribution in [0.3, 0.4) is 0 Å². The molecule has 10 heteroatoms. The van der Waals surface area contributed by atoms with Gasteiger partial charge >= 0.3 is 0 Å². The van der Waals surface area contributed by atoms with E-state index in [9.17, 15) is 21.6 Å². The first-order chi connectivity index (χ1) is 13.5. The molecule has 0 saturated carbocycles. The maximum absolute atomic E-state index is 12.1. The van der Waals surface area contributed by atoms with E-state index in [0.717, 1.165) is 15.3 Å². The second kappa shape index (κ2) is 9.31. The van der Waals surface area contributed by atoms with Gasteiger partial charge in [0.2, 0.25) is 26.0 Å². The molecule has 0 bridgehead atoms. The van der Waals surface area contributed by atoms with Gasteiger partial charge in [0.1, 0.15) is 0 Å². The summed E-state index contributed by atoms with van der Waals surface area (Å²) in [6.07, 6.45) is 1.43. The van der Waals surface area contributed by atoms with Crippen LogP contribution in [0.15, 0.2) is 58.8 Å². The topological polar surface area (TPSA) is 113 Å². The van der Waals surface area contributed by atoms with E-state index in [1.165, 1.54) is 44.4 Å². The Morgan fingerprint density at radius 3 is 2.31 bits per heavy atom. The number of carbonyl (C=O) groups excluding carboxylic acids is 1. The van der Waals surface area contributed by atoms with E-state index in [2.05, 4.69) is 10.0 Å². The highest BCUT2D eigenvalue weighted by molar-refractivity contribution is 7.92. The summed E-state index contributed by atoms with van der Waals surface area (Å²) in [6, 6.07) is 13.0. The van der Waals surface area contributed by atoms with Gasteiger partial charge in [0.15, 0.2) is 0 Å². The zero-order valence-electron chi connectivity index (χ0n) is 16.3. The number of hydrogen-bond donors (Lipinski definition) is 2. The molecule has 2 N–H and O–H groups in total. The monoisotopic (exact) mass is 437 g/mol. The molecule has 0 aliphatic rings. The molecule has 0 fully saturated rings. The van der Waals surface area contributed by atoms with Crippen LogP contribution in [0, 0.1) is 6.92 Å². The molecule has 0 heterocycles. The van der Waals surface area contributed by atoms with Crippen molar-refractivity contribution in [3.05, 3.63) is 65.1 Å². The van der Waals surface area contributed by atoms with Crippen molar-refractivity contribution >= 4 is 37.7 Å². The standard InChI is InChI=1S/C19H23N3O5S2/c1-15-7-9-16(10-8-15)11-12-28(24,25)20-14-19(23)21-17-5-4-6-18(13-17)29(26,27)22(2)3/h4-13,20H,14H2,1-3H3,(H,21,23)/b12-11+. The zero-order chi connectivity index (χ0) is 21.7. The number of anilines is 1. The van der Waals surface area contributed by atoms with E-state index in [1.54, 1.807) is 12.1 Å². The quantitative estimate of drug-likeness (QED) is 0.654. The van der Waals surface area contributed by atoms with E-state index in [-0.39, 0.29) is 10.6 Å². The van der Waals surface area contributed by atoms with Gasteiger partial charge < -0.3 is 5.32 Å². The van der Waals surface area contributed by atoms with Crippen LogP contribution in [-0.4, -0.2) is 47.7 Å². The van der Waals surface area contributed by atoms with Gasteiger partial charge in [-0.3, -0.25) is 4.79 Å². The molecule has 0 atom stereocenters. The molecule has 0 radical (unpaired) electrons. The van der Waals surface area contributed by atoms with Crippen molar-refractivity contribution in [1.29, 1.82) is 0 Å². The van der Waals surface area contributed by atoms with Crippen LogP contribution in [0.5, 0.6) is 0 Å². The third-order valence-corrected chi connectivity index (χ3v) is 6.70. The number of rotatable bonds is 8. The van der Waals surface area contributed by atoms with E-state index in [0.29, 0.717) is 5.56 Å². The molecular formula is C19H23N3O5S2. The summed E-state index contributed by atoms with van der Waals surface area (Å²) >= 11 is 0. The minimum absolute atomic E-state index is 0.0157. The second-order valence-electron chi connectivity index (χ2n) is 6.44. The molecular weight excluding hydrogens is 414 g/mol. The molecule has 0 saturated heterocycles. The van der Waals surface area contributed by atoms with Crippen molar-refractivity contribution in [3.8, 4) is 0 Å². The first kappa shape index (κ1) is 22.8. The van der Waals surface area contributed by atoms with E-state index in [1.807, 2.05) is 19.1 Å². The molecule has 156 valence electrons. The Hall–Kier alpha value is -2.53. The molecule has 0 aliphatic carbocycles. The van der Waals surface area contributed by atoms with Gasteiger partial charge in [-0.15, -0.1) is 0 Å². The van der Waals surface area contributed by atoms with Gasteiger partial charge in [0, 0.05) is 25.2 Å². The average molecular weight is 438 g/mol. The van der Waals surface area contributed by atoms with Crippen molar-refractivity contribution in [2.75, 3.05) is 26.0 Å². The number of sulfonamides is 2. The fourth-order valence-corrected chi connectivity index (χ4v) is 3.92. The van der Waals surface area contributed by atoms with Crippen LogP contribution < -0.4 is 10.0 Å². The van der Waals surface area contributed by atoms with Crippen molar-refractivity contribution in [1.82, 2.24) is 9.03 Å². The summed E-state index contributed by atoms with van der Waals surface area (Å²) in [5.74, 6) is -0.628. The molecule has 0 unspecified atom stereocenters. The van der Waals surface area contributed by atoms with Gasteiger partial charge in [-0.1, -0.05) is 35.9 Å². The lowest BCUT2D eigenvalue weighted by atomic mass is 10.2. The van der Waals surface area contributed by atoms with Crippen molar-refractivity contribution < 1.29 is 21.6 Å². The normalized spacial score (nSPS) is 12.4. The molecule has 29 heavy (non-hydrogen) atoms. The Balaban J connectivity index is 1.98. The fourth-order valence-electron chi connectivity index (χ4n) is 2.21. The Labute approximate surface area is 171 Å². The predicted molar refractivity (Wildman–Crippen MR) is 113 cm³/mol. The lowest BCUT2D eigenvalue weighted by molar-refractivity contribution is -0.115. The van der Waals surface area contributed by atoms with Crippen LogP contribution in [0.4, 0.5) is 5.69 Å². The summed E-state index contributed by atoms with van der Waals surface area (Å²) in [6.45, 7) is 1.43. The number of benzene rings is 2. The highest BCUT2D eigenvalue weighted by atomic mass is 32.2. The molecule has 0 aliphatic heterocycles. The van der Waals surface area contributed by atoms with Crippen LogP contribution >= 0.6 is 0 Å². The third-order valence-electron chi connectivity index (χ3n) is 3.85. The third kappa shape index (κ3) is 6.79. The first-order valence-electron chi connectivity index (χ1n) is 8.56. The fraction of sp³-hybridized carbons (Fsp3) is 0.211. The van der Waals surface area contributed by atoms with Gasteiger partial charge in [-0.25, -0.2) is 25.9 Å². The summed E-state index contributed by atoms with van der Waals surface area (Å²) < 4.78 is 51.6. The Morgan fingerprint density at radius 1 is 1.03 bits per heavy atom. The Bertz CT molecular complexity index is 1110. The molecule has 0 aromatic heterocycles. The average Bonchev–Trinajstić information content (AvgIpc) is 2.66. The van der Waals surface area contributed by atoms with Gasteiger partial charge in [-0.2, -0.15) is 0 Å². The minimum Gasteiger partial charge on any atom is -0.325 e. The van der Waals surface area contributed by atoms with Gasteiger partial charge in [0.05, 0.1) is 11.4 Å². The molecule has 2 aromatic rings. The smallest absolute Gasteiger partial charge is 0.242 e. The van der Waals surface area contributed by atoms with Crippen LogP contribution in [0.1, 0.15) is 11.1 Å². The highest BCUT2D eigenvalue weighted by Crippen LogP contribution is 2.17. The van der Waals surface area contributed by atoms with Crippen LogP contribution in [0.25, 0.3) is 6.08 Å². The lowest BCUT2D eigenvalue weighted by Crippen LogP contribution is -2.31. The summed E-state index contributed by atoms with van der Waals surface area (Å²) in [5.41, 5.74) is 2.01. The van der Waals surface area contributed by atoms with E-state index in [4.69, 9.17) is 0 Å². The number of nitrogens with one attached hydrogen (secondary N) is 2.